The van der Waals surface area contributed by atoms with Crippen molar-refractivity contribution < 1.29 is 18.3 Å². The number of nitrogens with zero attached hydrogens (tertiary/aromatic N) is 1. The fraction of sp³-hybridized carbons (Fsp3) is 0.545. The molecule has 1 heterocycles. The number of carbonyl (C=O) groups is 1. The Bertz CT molecular complexity index is 387. The Morgan fingerprint density at radius 3 is 2.89 bits per heavy atom. The van der Waals surface area contributed by atoms with E-state index in [0.717, 1.165) is 9.35 Å². The van der Waals surface area contributed by atoms with Crippen molar-refractivity contribution in [3.8, 4) is 0 Å². The first-order valence-corrected chi connectivity index (χ1v) is 6.99. The Balaban J connectivity index is 2.24. The predicted octanol–water partition coefficient (Wildman–Crippen LogP) is 3.14. The number of rotatable bonds is 7. The molecule has 0 aliphatic carbocycles. The molecule has 0 fully saturated rings. The maximum Gasteiger partial charge on any atom is 0.261 e. The average Bonchev–Trinajstić information content (AvgIpc) is 2.69. The van der Waals surface area contributed by atoms with Crippen LogP contribution in [0.4, 0.5) is 8.78 Å². The molecule has 0 atom stereocenters. The van der Waals surface area contributed by atoms with Gasteiger partial charge in [0, 0.05) is 13.6 Å². The molecule has 0 saturated carbocycles. The summed E-state index contributed by atoms with van der Waals surface area (Å²) >= 11 is 4.90. The maximum atomic E-state index is 11.8. The number of ether oxygens (including phenoxy) is 1. The van der Waals surface area contributed by atoms with Crippen LogP contribution in [0.25, 0.3) is 0 Å². The lowest BCUT2D eigenvalue weighted by Crippen LogP contribution is -2.27. The third-order valence-electron chi connectivity index (χ3n) is 2.17. The second-order valence-electron chi connectivity index (χ2n) is 3.72. The number of alkyl halides is 2. The van der Waals surface area contributed by atoms with Crippen LogP contribution >= 0.6 is 27.3 Å². The van der Waals surface area contributed by atoms with Gasteiger partial charge in [0.05, 0.1) is 16.8 Å². The van der Waals surface area contributed by atoms with E-state index in [1.807, 2.05) is 11.4 Å². The maximum absolute atomic E-state index is 11.8. The van der Waals surface area contributed by atoms with Crippen molar-refractivity contribution in [2.45, 2.75) is 19.4 Å². The van der Waals surface area contributed by atoms with E-state index in [1.165, 1.54) is 0 Å². The molecule has 0 spiro atoms. The van der Waals surface area contributed by atoms with Crippen LogP contribution in [-0.2, 0) is 16.1 Å². The molecule has 1 rings (SSSR count). The molecule has 1 aromatic rings. The zero-order chi connectivity index (χ0) is 13.5. The summed E-state index contributed by atoms with van der Waals surface area (Å²) in [5, 5.41) is 1.96. The van der Waals surface area contributed by atoms with E-state index in [2.05, 4.69) is 20.7 Å². The van der Waals surface area contributed by atoms with Gasteiger partial charge in [-0.25, -0.2) is 8.78 Å². The van der Waals surface area contributed by atoms with Crippen LogP contribution in [0.3, 0.4) is 0 Å². The topological polar surface area (TPSA) is 29.5 Å². The van der Waals surface area contributed by atoms with Crippen LogP contribution in [0.1, 0.15) is 12.0 Å². The largest absolute Gasteiger partial charge is 0.375 e. The molecule has 0 radical (unpaired) electrons. The van der Waals surface area contributed by atoms with Crippen molar-refractivity contribution in [1.29, 1.82) is 0 Å². The third kappa shape index (κ3) is 5.88. The van der Waals surface area contributed by atoms with Crippen molar-refractivity contribution in [2.75, 3.05) is 20.3 Å². The van der Waals surface area contributed by atoms with Gasteiger partial charge in [0.2, 0.25) is 5.91 Å². The highest BCUT2D eigenvalue weighted by molar-refractivity contribution is 9.11. The lowest BCUT2D eigenvalue weighted by molar-refractivity contribution is -0.132. The Hall–Kier alpha value is -0.530. The van der Waals surface area contributed by atoms with Crippen molar-refractivity contribution in [3.63, 3.8) is 0 Å². The van der Waals surface area contributed by atoms with Gasteiger partial charge in [0.1, 0.15) is 6.61 Å². The summed E-state index contributed by atoms with van der Waals surface area (Å²) in [7, 11) is 1.68. The minimum Gasteiger partial charge on any atom is -0.375 e. The van der Waals surface area contributed by atoms with Crippen LogP contribution < -0.4 is 0 Å². The molecule has 0 unspecified atom stereocenters. The Kier molecular flexibility index (Phi) is 6.73. The van der Waals surface area contributed by atoms with Crippen molar-refractivity contribution in [3.05, 3.63) is 20.8 Å². The summed E-state index contributed by atoms with van der Waals surface area (Å²) in [4.78, 5) is 13.2. The average molecular weight is 342 g/mol. The number of halogens is 3. The van der Waals surface area contributed by atoms with Gasteiger partial charge in [-0.2, -0.15) is 0 Å². The number of hydrogen-bond donors (Lipinski definition) is 0. The molecule has 0 aliphatic heterocycles. The van der Waals surface area contributed by atoms with Crippen LogP contribution in [-0.4, -0.2) is 37.5 Å². The van der Waals surface area contributed by atoms with Crippen LogP contribution in [0.2, 0.25) is 0 Å². The standard InChI is InChI=1S/C11H14BrF2NO2S/c1-15(5-8-4-9(12)18-7-8)11(16)2-3-17-6-10(13)14/h4,7,10H,2-3,5-6H2,1H3. The summed E-state index contributed by atoms with van der Waals surface area (Å²) in [6.07, 6.45) is -2.37. The molecule has 102 valence electrons. The van der Waals surface area contributed by atoms with Crippen molar-refractivity contribution >= 4 is 33.2 Å². The highest BCUT2D eigenvalue weighted by Crippen LogP contribution is 2.21. The van der Waals surface area contributed by atoms with Gasteiger partial charge in [-0.3, -0.25) is 4.79 Å². The van der Waals surface area contributed by atoms with Crippen LogP contribution in [0.15, 0.2) is 15.2 Å². The lowest BCUT2D eigenvalue weighted by Gasteiger charge is -2.16. The van der Waals surface area contributed by atoms with E-state index in [1.54, 1.807) is 23.3 Å². The first-order valence-electron chi connectivity index (χ1n) is 5.32. The van der Waals surface area contributed by atoms with E-state index >= 15 is 0 Å². The first-order chi connectivity index (χ1) is 8.49. The molecule has 0 bridgehead atoms. The second-order valence-corrected chi connectivity index (χ2v) is 6.02. The molecule has 18 heavy (non-hydrogen) atoms. The minimum atomic E-state index is -2.49. The van der Waals surface area contributed by atoms with Gasteiger partial charge in [0.25, 0.3) is 6.43 Å². The Morgan fingerprint density at radius 2 is 2.33 bits per heavy atom. The van der Waals surface area contributed by atoms with Crippen LogP contribution in [0.5, 0.6) is 0 Å². The third-order valence-corrected chi connectivity index (χ3v) is 3.72. The molecule has 0 aromatic carbocycles. The van der Waals surface area contributed by atoms with E-state index in [-0.39, 0.29) is 18.9 Å². The molecule has 0 aliphatic rings. The highest BCUT2D eigenvalue weighted by Gasteiger charge is 2.10. The zero-order valence-electron chi connectivity index (χ0n) is 9.87. The molecule has 0 N–H and O–H groups in total. The smallest absolute Gasteiger partial charge is 0.261 e. The first kappa shape index (κ1) is 15.5. The van der Waals surface area contributed by atoms with Gasteiger partial charge in [0.15, 0.2) is 0 Å². The Labute approximate surface area is 117 Å². The number of carbonyl (C=O) groups excluding carboxylic acids is 1. The van der Waals surface area contributed by atoms with Gasteiger partial charge < -0.3 is 9.64 Å². The molecule has 7 heteroatoms. The van der Waals surface area contributed by atoms with Gasteiger partial charge in [-0.05, 0) is 32.9 Å². The predicted molar refractivity (Wildman–Crippen MR) is 69.9 cm³/mol. The van der Waals surface area contributed by atoms with E-state index in [9.17, 15) is 13.6 Å². The normalized spacial score (nSPS) is 10.9. The van der Waals surface area contributed by atoms with Crippen LogP contribution in [0, 0.1) is 0 Å². The summed E-state index contributed by atoms with van der Waals surface area (Å²) in [5.74, 6) is -0.119. The number of amides is 1. The minimum absolute atomic E-state index is 0.0286. The fourth-order valence-electron chi connectivity index (χ4n) is 1.31. The summed E-state index contributed by atoms with van der Waals surface area (Å²) < 4.78 is 29.2. The molecule has 0 saturated heterocycles. The van der Waals surface area contributed by atoms with E-state index in [4.69, 9.17) is 0 Å². The number of thiophene rings is 1. The molecular weight excluding hydrogens is 328 g/mol. The lowest BCUT2D eigenvalue weighted by atomic mass is 10.3. The SMILES string of the molecule is CN(Cc1csc(Br)c1)C(=O)CCOCC(F)F. The summed E-state index contributed by atoms with van der Waals surface area (Å²) in [5.41, 5.74) is 1.04. The second kappa shape index (κ2) is 7.81. The summed E-state index contributed by atoms with van der Waals surface area (Å²) in [6.45, 7) is -0.0783. The van der Waals surface area contributed by atoms with Gasteiger partial charge in [-0.1, -0.05) is 0 Å². The fourth-order valence-corrected chi connectivity index (χ4v) is 2.51. The zero-order valence-corrected chi connectivity index (χ0v) is 12.3. The van der Waals surface area contributed by atoms with Gasteiger partial charge >= 0.3 is 0 Å². The van der Waals surface area contributed by atoms with Gasteiger partial charge in [-0.15, -0.1) is 11.3 Å². The quantitative estimate of drug-likeness (QED) is 0.713. The molecule has 3 nitrogen and oxygen atoms in total. The van der Waals surface area contributed by atoms with E-state index in [0.29, 0.717) is 6.54 Å². The molecular formula is C11H14BrF2NO2S. The van der Waals surface area contributed by atoms with Crippen molar-refractivity contribution in [1.82, 2.24) is 4.90 Å². The van der Waals surface area contributed by atoms with E-state index < -0.39 is 13.0 Å². The summed E-state index contributed by atoms with van der Waals surface area (Å²) in [6, 6.07) is 1.95. The van der Waals surface area contributed by atoms with Crippen molar-refractivity contribution in [2.24, 2.45) is 0 Å². The monoisotopic (exact) mass is 341 g/mol. The Morgan fingerprint density at radius 1 is 1.61 bits per heavy atom. The highest BCUT2D eigenvalue weighted by atomic mass is 79.9. The number of hydrogen-bond acceptors (Lipinski definition) is 3. The molecule has 1 amide bonds. The molecule has 1 aromatic heterocycles.